The van der Waals surface area contributed by atoms with Crippen molar-refractivity contribution in [3.8, 4) is 0 Å². The fraction of sp³-hybridized carbons (Fsp3) is 0.533. The molecule has 1 aliphatic carbocycles. The highest BCUT2D eigenvalue weighted by molar-refractivity contribution is 5.79. The van der Waals surface area contributed by atoms with Crippen LogP contribution in [-0.2, 0) is 17.8 Å². The fourth-order valence-electron chi connectivity index (χ4n) is 2.33. The number of nitrogens with one attached hydrogen (secondary N) is 1. The second kappa shape index (κ2) is 5.11. The van der Waals surface area contributed by atoms with Gasteiger partial charge in [-0.05, 0) is 28.9 Å². The predicted octanol–water partition coefficient (Wildman–Crippen LogP) is 1.85. The van der Waals surface area contributed by atoms with Gasteiger partial charge in [0.25, 0.3) is 0 Å². The third kappa shape index (κ3) is 3.10. The van der Waals surface area contributed by atoms with E-state index in [0.717, 1.165) is 17.7 Å². The summed E-state index contributed by atoms with van der Waals surface area (Å²) in [6, 6.07) is 7.86. The van der Waals surface area contributed by atoms with Gasteiger partial charge in [-0.2, -0.15) is 0 Å². The first-order valence-corrected chi connectivity index (χ1v) is 6.56. The first-order valence-electron chi connectivity index (χ1n) is 6.56. The zero-order valence-electron chi connectivity index (χ0n) is 11.2. The molecule has 3 nitrogen and oxygen atoms in total. The Bertz CT molecular complexity index is 440. The Morgan fingerprint density at radius 1 is 1.39 bits per heavy atom. The van der Waals surface area contributed by atoms with E-state index in [9.17, 15) is 4.79 Å². The van der Waals surface area contributed by atoms with Crippen molar-refractivity contribution in [1.82, 2.24) is 5.32 Å². The highest BCUT2D eigenvalue weighted by Gasteiger charge is 2.45. The molecule has 1 aliphatic rings. The van der Waals surface area contributed by atoms with Gasteiger partial charge in [0, 0.05) is 13.1 Å². The van der Waals surface area contributed by atoms with E-state index in [1.807, 2.05) is 24.3 Å². The highest BCUT2D eigenvalue weighted by Crippen LogP contribution is 2.50. The van der Waals surface area contributed by atoms with Crippen LogP contribution in [0.5, 0.6) is 0 Å². The van der Waals surface area contributed by atoms with Crippen LogP contribution in [0.2, 0.25) is 0 Å². The molecule has 3 heteroatoms. The van der Waals surface area contributed by atoms with Crippen molar-refractivity contribution in [2.45, 2.75) is 33.2 Å². The topological polar surface area (TPSA) is 55.1 Å². The van der Waals surface area contributed by atoms with Crippen LogP contribution in [0.3, 0.4) is 0 Å². The molecule has 1 fully saturated rings. The number of carbonyl (C=O) groups is 1. The van der Waals surface area contributed by atoms with E-state index in [-0.39, 0.29) is 5.91 Å². The normalized spacial score (nSPS) is 20.5. The lowest BCUT2D eigenvalue weighted by Crippen LogP contribution is -2.28. The fourth-order valence-corrected chi connectivity index (χ4v) is 2.33. The Morgan fingerprint density at radius 3 is 2.56 bits per heavy atom. The molecule has 0 spiro atoms. The lowest BCUT2D eigenvalue weighted by molar-refractivity contribution is -0.120. The number of rotatable bonds is 5. The Morgan fingerprint density at radius 2 is 2.00 bits per heavy atom. The van der Waals surface area contributed by atoms with Crippen LogP contribution >= 0.6 is 0 Å². The quantitative estimate of drug-likeness (QED) is 0.833. The van der Waals surface area contributed by atoms with E-state index < -0.39 is 0 Å². The average molecular weight is 246 g/mol. The third-order valence-corrected chi connectivity index (χ3v) is 3.95. The molecule has 2 rings (SSSR count). The number of hydrogen-bond donors (Lipinski definition) is 2. The van der Waals surface area contributed by atoms with Gasteiger partial charge in [0.05, 0.1) is 6.42 Å². The minimum atomic E-state index is 0.0959. The van der Waals surface area contributed by atoms with Gasteiger partial charge in [0.15, 0.2) is 0 Å². The highest BCUT2D eigenvalue weighted by atomic mass is 16.1. The molecule has 1 aromatic carbocycles. The van der Waals surface area contributed by atoms with Crippen molar-refractivity contribution >= 4 is 5.91 Å². The molecule has 1 aromatic rings. The molecule has 0 bridgehead atoms. The van der Waals surface area contributed by atoms with Crippen molar-refractivity contribution < 1.29 is 4.79 Å². The van der Waals surface area contributed by atoms with Gasteiger partial charge in [-0.25, -0.2) is 0 Å². The molecular weight excluding hydrogens is 224 g/mol. The second-order valence-corrected chi connectivity index (χ2v) is 5.84. The smallest absolute Gasteiger partial charge is 0.224 e. The van der Waals surface area contributed by atoms with Gasteiger partial charge in [0.1, 0.15) is 0 Å². The van der Waals surface area contributed by atoms with Gasteiger partial charge in [-0.15, -0.1) is 0 Å². The molecule has 18 heavy (non-hydrogen) atoms. The number of hydrogen-bond acceptors (Lipinski definition) is 2. The van der Waals surface area contributed by atoms with Gasteiger partial charge in [-0.3, -0.25) is 4.79 Å². The van der Waals surface area contributed by atoms with Crippen molar-refractivity contribution in [2.75, 3.05) is 6.54 Å². The Hall–Kier alpha value is -1.35. The second-order valence-electron chi connectivity index (χ2n) is 5.84. The molecule has 0 aromatic heterocycles. The standard InChI is InChI=1S/C15H22N2O/c1-15(2)8-13(15)10-17-14(18)7-11-5-3-4-6-12(11)9-16/h3-6,13H,7-10,16H2,1-2H3,(H,17,18). The van der Waals surface area contributed by atoms with Crippen LogP contribution in [0.25, 0.3) is 0 Å². The average Bonchev–Trinajstić information content (AvgIpc) is 2.95. The summed E-state index contributed by atoms with van der Waals surface area (Å²) < 4.78 is 0. The SMILES string of the molecule is CC1(C)CC1CNC(=O)Cc1ccccc1CN. The van der Waals surface area contributed by atoms with Gasteiger partial charge in [-0.1, -0.05) is 38.1 Å². The Balaban J connectivity index is 1.84. The third-order valence-electron chi connectivity index (χ3n) is 3.95. The van der Waals surface area contributed by atoms with Crippen LogP contribution in [0.15, 0.2) is 24.3 Å². The summed E-state index contributed by atoms with van der Waals surface area (Å²) in [5.41, 5.74) is 8.17. The van der Waals surface area contributed by atoms with Crippen molar-refractivity contribution in [3.63, 3.8) is 0 Å². The lowest BCUT2D eigenvalue weighted by atomic mass is 10.0. The van der Waals surface area contributed by atoms with Gasteiger partial charge in [0.2, 0.25) is 5.91 Å². The first kappa shape index (κ1) is 13.1. The van der Waals surface area contributed by atoms with Crippen LogP contribution < -0.4 is 11.1 Å². The van der Waals surface area contributed by atoms with Crippen LogP contribution in [0, 0.1) is 11.3 Å². The number of benzene rings is 1. The number of amides is 1. The monoisotopic (exact) mass is 246 g/mol. The maximum absolute atomic E-state index is 11.9. The molecule has 1 saturated carbocycles. The van der Waals surface area contributed by atoms with Crippen molar-refractivity contribution in [2.24, 2.45) is 17.1 Å². The molecular formula is C15H22N2O. The zero-order valence-corrected chi connectivity index (χ0v) is 11.2. The summed E-state index contributed by atoms with van der Waals surface area (Å²) in [5.74, 6) is 0.741. The minimum Gasteiger partial charge on any atom is -0.356 e. The van der Waals surface area contributed by atoms with E-state index in [0.29, 0.717) is 24.3 Å². The van der Waals surface area contributed by atoms with Crippen molar-refractivity contribution in [3.05, 3.63) is 35.4 Å². The van der Waals surface area contributed by atoms with Crippen molar-refractivity contribution in [1.29, 1.82) is 0 Å². The van der Waals surface area contributed by atoms with Gasteiger partial charge >= 0.3 is 0 Å². The Kier molecular flexibility index (Phi) is 3.71. The van der Waals surface area contributed by atoms with E-state index in [4.69, 9.17) is 5.73 Å². The van der Waals surface area contributed by atoms with Crippen LogP contribution in [0.4, 0.5) is 0 Å². The molecule has 0 heterocycles. The van der Waals surface area contributed by atoms with Gasteiger partial charge < -0.3 is 11.1 Å². The number of carbonyl (C=O) groups excluding carboxylic acids is 1. The molecule has 0 radical (unpaired) electrons. The molecule has 1 atom stereocenters. The lowest BCUT2D eigenvalue weighted by Gasteiger charge is -2.09. The summed E-state index contributed by atoms with van der Waals surface area (Å²) in [5, 5.41) is 3.02. The molecule has 0 aliphatic heterocycles. The summed E-state index contributed by atoms with van der Waals surface area (Å²) >= 11 is 0. The maximum Gasteiger partial charge on any atom is 0.224 e. The van der Waals surface area contributed by atoms with E-state index >= 15 is 0 Å². The summed E-state index contributed by atoms with van der Waals surface area (Å²) in [7, 11) is 0. The van der Waals surface area contributed by atoms with Crippen LogP contribution in [-0.4, -0.2) is 12.5 Å². The largest absolute Gasteiger partial charge is 0.356 e. The molecule has 1 unspecified atom stereocenters. The number of nitrogens with two attached hydrogens (primary N) is 1. The summed E-state index contributed by atoms with van der Waals surface area (Å²) in [4.78, 5) is 11.9. The minimum absolute atomic E-state index is 0.0959. The molecule has 3 N–H and O–H groups in total. The molecule has 0 saturated heterocycles. The Labute approximate surface area is 109 Å². The zero-order chi connectivity index (χ0) is 13.2. The molecule has 1 amide bonds. The predicted molar refractivity (Wildman–Crippen MR) is 72.9 cm³/mol. The van der Waals surface area contributed by atoms with E-state index in [1.54, 1.807) is 0 Å². The van der Waals surface area contributed by atoms with E-state index in [1.165, 1.54) is 6.42 Å². The molecule has 98 valence electrons. The maximum atomic E-state index is 11.9. The first-order chi connectivity index (χ1) is 8.53. The van der Waals surface area contributed by atoms with E-state index in [2.05, 4.69) is 19.2 Å². The van der Waals surface area contributed by atoms with Crippen LogP contribution in [0.1, 0.15) is 31.4 Å². The summed E-state index contributed by atoms with van der Waals surface area (Å²) in [6.07, 6.45) is 1.65. The summed E-state index contributed by atoms with van der Waals surface area (Å²) in [6.45, 7) is 5.77.